The number of likely N-dealkylation sites (tertiary alicyclic amines) is 1. The van der Waals surface area contributed by atoms with E-state index in [0.29, 0.717) is 17.8 Å². The number of piperidine rings is 1. The van der Waals surface area contributed by atoms with E-state index in [9.17, 15) is 22.4 Å². The van der Waals surface area contributed by atoms with Crippen LogP contribution in [0.4, 0.5) is 28.9 Å². The summed E-state index contributed by atoms with van der Waals surface area (Å²) in [6, 6.07) is 8.32. The number of rotatable bonds is 8. The molecule has 0 aliphatic carbocycles. The zero-order chi connectivity index (χ0) is 25.1. The van der Waals surface area contributed by atoms with Gasteiger partial charge >= 0.3 is 6.43 Å². The van der Waals surface area contributed by atoms with Crippen LogP contribution in [0, 0.1) is 11.6 Å². The second-order valence-electron chi connectivity index (χ2n) is 8.56. The summed E-state index contributed by atoms with van der Waals surface area (Å²) in [7, 11) is 3.97. The van der Waals surface area contributed by atoms with Gasteiger partial charge in [0.05, 0.1) is 17.9 Å². The minimum atomic E-state index is -2.94. The number of carbonyl (C=O) groups excluding carboxylic acids is 1. The van der Waals surface area contributed by atoms with Crippen LogP contribution < -0.4 is 9.80 Å². The van der Waals surface area contributed by atoms with E-state index in [0.717, 1.165) is 32.0 Å². The Morgan fingerprint density at radius 3 is 2.49 bits per heavy atom. The summed E-state index contributed by atoms with van der Waals surface area (Å²) in [5.41, 5.74) is 1.25. The lowest BCUT2D eigenvalue weighted by Crippen LogP contribution is -2.42. The molecule has 3 aromatic rings. The maximum absolute atomic E-state index is 14.9. The highest BCUT2D eigenvalue weighted by Gasteiger charge is 2.25. The van der Waals surface area contributed by atoms with E-state index in [1.165, 1.54) is 29.2 Å². The van der Waals surface area contributed by atoms with Gasteiger partial charge in [0.25, 0.3) is 5.89 Å². The summed E-state index contributed by atoms with van der Waals surface area (Å²) in [5.74, 6) is -2.32. The van der Waals surface area contributed by atoms with Gasteiger partial charge in [-0.05, 0) is 63.3 Å². The zero-order valence-electron chi connectivity index (χ0n) is 19.3. The number of amides is 1. The Morgan fingerprint density at radius 2 is 1.86 bits per heavy atom. The van der Waals surface area contributed by atoms with Gasteiger partial charge in [0.15, 0.2) is 0 Å². The van der Waals surface area contributed by atoms with Gasteiger partial charge < -0.3 is 19.1 Å². The van der Waals surface area contributed by atoms with Crippen molar-refractivity contribution < 1.29 is 26.8 Å². The van der Waals surface area contributed by atoms with Crippen LogP contribution in [0.25, 0.3) is 11.5 Å². The lowest BCUT2D eigenvalue weighted by molar-refractivity contribution is -0.107. The Morgan fingerprint density at radius 1 is 1.11 bits per heavy atom. The molecule has 2 aromatic carbocycles. The zero-order valence-corrected chi connectivity index (χ0v) is 19.3. The molecule has 1 aliphatic rings. The van der Waals surface area contributed by atoms with E-state index >= 15 is 0 Å². The molecule has 35 heavy (non-hydrogen) atoms. The summed E-state index contributed by atoms with van der Waals surface area (Å²) in [5, 5.41) is 6.75. The first kappa shape index (κ1) is 24.6. The molecule has 0 spiro atoms. The summed E-state index contributed by atoms with van der Waals surface area (Å²) < 4.78 is 59.4. The van der Waals surface area contributed by atoms with E-state index in [1.54, 1.807) is 6.07 Å². The largest absolute Gasteiger partial charge is 0.415 e. The van der Waals surface area contributed by atoms with E-state index < -0.39 is 24.0 Å². The molecule has 7 nitrogen and oxygen atoms in total. The fourth-order valence-electron chi connectivity index (χ4n) is 4.21. The van der Waals surface area contributed by atoms with Crippen molar-refractivity contribution in [2.45, 2.75) is 31.9 Å². The SMILES string of the molecule is CN1CCC(N(C)c2ccc(F)cc2N(C=O)Cc2ccc(-c3nnc(C(F)F)o3)cc2F)CC1. The van der Waals surface area contributed by atoms with Crippen LogP contribution in [0.3, 0.4) is 0 Å². The fraction of sp³-hybridized carbons (Fsp3) is 0.375. The fourth-order valence-corrected chi connectivity index (χ4v) is 4.21. The molecule has 0 atom stereocenters. The molecule has 0 saturated carbocycles. The molecular weight excluding hydrogens is 466 g/mol. The third kappa shape index (κ3) is 5.45. The molecule has 4 rings (SSSR count). The molecule has 2 heterocycles. The highest BCUT2D eigenvalue weighted by atomic mass is 19.3. The second kappa shape index (κ2) is 10.4. The van der Waals surface area contributed by atoms with Gasteiger partial charge in [-0.1, -0.05) is 6.07 Å². The molecule has 0 radical (unpaired) electrons. The Hall–Kier alpha value is -3.47. The van der Waals surface area contributed by atoms with Crippen molar-refractivity contribution in [1.29, 1.82) is 0 Å². The lowest BCUT2D eigenvalue weighted by atomic mass is 10.0. The van der Waals surface area contributed by atoms with Crippen LogP contribution in [-0.4, -0.2) is 54.7 Å². The molecule has 1 amide bonds. The van der Waals surface area contributed by atoms with E-state index in [4.69, 9.17) is 4.42 Å². The molecule has 0 unspecified atom stereocenters. The monoisotopic (exact) mass is 491 g/mol. The predicted octanol–water partition coefficient (Wildman–Crippen LogP) is 4.65. The Labute approximate surface area is 199 Å². The Bertz CT molecular complexity index is 1180. The maximum atomic E-state index is 14.9. The second-order valence-corrected chi connectivity index (χ2v) is 8.56. The summed E-state index contributed by atoms with van der Waals surface area (Å²) >= 11 is 0. The third-order valence-corrected chi connectivity index (χ3v) is 6.26. The van der Waals surface area contributed by atoms with Crippen molar-refractivity contribution in [1.82, 2.24) is 15.1 Å². The average molecular weight is 491 g/mol. The van der Waals surface area contributed by atoms with Crippen molar-refractivity contribution in [2.24, 2.45) is 0 Å². The van der Waals surface area contributed by atoms with Crippen LogP contribution in [0.2, 0.25) is 0 Å². The number of nitrogens with zero attached hydrogens (tertiary/aromatic N) is 5. The molecule has 11 heteroatoms. The molecule has 186 valence electrons. The standard InChI is InChI=1S/C24H25F4N5O2/c1-31-9-7-18(8-10-31)32(2)20-6-5-17(25)12-21(20)33(14-34)13-16-4-3-15(11-19(16)26)23-29-30-24(35-23)22(27)28/h3-6,11-12,14,18,22H,7-10,13H2,1-2H3. The van der Waals surface area contributed by atoms with Gasteiger partial charge in [-0.15, -0.1) is 10.2 Å². The number of carbonyl (C=O) groups is 1. The van der Waals surface area contributed by atoms with Gasteiger partial charge in [0.2, 0.25) is 12.3 Å². The summed E-state index contributed by atoms with van der Waals surface area (Å²) in [4.78, 5) is 17.5. The van der Waals surface area contributed by atoms with Crippen molar-refractivity contribution >= 4 is 17.8 Å². The third-order valence-electron chi connectivity index (χ3n) is 6.26. The van der Waals surface area contributed by atoms with Gasteiger partial charge in [0.1, 0.15) is 11.6 Å². The number of anilines is 2. The number of halogens is 4. The first-order chi connectivity index (χ1) is 16.8. The minimum absolute atomic E-state index is 0.122. The molecule has 1 fully saturated rings. The first-order valence-electron chi connectivity index (χ1n) is 11.1. The highest BCUT2D eigenvalue weighted by molar-refractivity contribution is 5.84. The number of alkyl halides is 2. The lowest BCUT2D eigenvalue weighted by Gasteiger charge is -2.38. The van der Waals surface area contributed by atoms with Crippen LogP contribution in [0.15, 0.2) is 40.8 Å². The number of benzene rings is 2. The number of hydrogen-bond acceptors (Lipinski definition) is 6. The molecule has 0 N–H and O–H groups in total. The molecule has 0 bridgehead atoms. The number of aromatic nitrogens is 2. The number of hydrogen-bond donors (Lipinski definition) is 0. The molecule has 1 aromatic heterocycles. The van der Waals surface area contributed by atoms with Crippen molar-refractivity contribution in [3.05, 3.63) is 59.5 Å². The quantitative estimate of drug-likeness (QED) is 0.338. The van der Waals surface area contributed by atoms with Crippen LogP contribution in [0.1, 0.15) is 30.7 Å². The minimum Gasteiger partial charge on any atom is -0.415 e. The summed E-state index contributed by atoms with van der Waals surface area (Å²) in [6.45, 7) is 1.69. The smallest absolute Gasteiger partial charge is 0.314 e. The normalized spacial score (nSPS) is 14.9. The predicted molar refractivity (Wildman–Crippen MR) is 122 cm³/mol. The van der Waals surface area contributed by atoms with Gasteiger partial charge in [-0.2, -0.15) is 8.78 Å². The Kier molecular flexibility index (Phi) is 7.34. The molecule has 1 aliphatic heterocycles. The van der Waals surface area contributed by atoms with Crippen LogP contribution in [0.5, 0.6) is 0 Å². The van der Waals surface area contributed by atoms with Crippen LogP contribution in [-0.2, 0) is 11.3 Å². The van der Waals surface area contributed by atoms with Gasteiger partial charge in [0, 0.05) is 24.2 Å². The van der Waals surface area contributed by atoms with E-state index in [2.05, 4.69) is 22.1 Å². The average Bonchev–Trinajstić information content (AvgIpc) is 3.34. The topological polar surface area (TPSA) is 65.7 Å². The van der Waals surface area contributed by atoms with E-state index in [-0.39, 0.29) is 29.6 Å². The maximum Gasteiger partial charge on any atom is 0.314 e. The van der Waals surface area contributed by atoms with Crippen molar-refractivity contribution in [2.75, 3.05) is 37.0 Å². The Balaban J connectivity index is 1.58. The summed E-state index contributed by atoms with van der Waals surface area (Å²) in [6.07, 6.45) is -0.566. The van der Waals surface area contributed by atoms with Gasteiger partial charge in [-0.3, -0.25) is 4.79 Å². The van der Waals surface area contributed by atoms with E-state index in [1.807, 2.05) is 11.9 Å². The van der Waals surface area contributed by atoms with Crippen molar-refractivity contribution in [3.8, 4) is 11.5 Å². The van der Waals surface area contributed by atoms with Crippen LogP contribution >= 0.6 is 0 Å². The highest BCUT2D eigenvalue weighted by Crippen LogP contribution is 2.34. The first-order valence-corrected chi connectivity index (χ1v) is 11.1. The van der Waals surface area contributed by atoms with Gasteiger partial charge in [-0.25, -0.2) is 8.78 Å². The van der Waals surface area contributed by atoms with Crippen molar-refractivity contribution in [3.63, 3.8) is 0 Å². The molecule has 1 saturated heterocycles. The molecular formula is C24H25F4N5O2.